The third kappa shape index (κ3) is 23.6. The predicted molar refractivity (Wildman–Crippen MR) is 627 cm³/mol. The molecule has 0 saturated carbocycles. The Bertz CT molecular complexity index is 8530. The molecule has 12 nitrogen and oxygen atoms in total. The van der Waals surface area contributed by atoms with Gasteiger partial charge in [-0.2, -0.15) is 0 Å². The first-order chi connectivity index (χ1) is 73.4. The first kappa shape index (κ1) is 101. The van der Waals surface area contributed by atoms with Crippen molar-refractivity contribution in [3.05, 3.63) is 507 Å². The van der Waals surface area contributed by atoms with Crippen LogP contribution in [0.25, 0.3) is 201 Å². The molecule has 0 aliphatic heterocycles. The molecule has 0 aliphatic rings. The maximum atomic E-state index is 5.08. The fourth-order valence-electron chi connectivity index (χ4n) is 18.6. The molecule has 24 aromatic rings. The Kier molecular flexibility index (Phi) is 31.8. The molecular weight excluding hydrogens is 1830 g/mol. The van der Waals surface area contributed by atoms with Gasteiger partial charge in [0.15, 0.2) is 23.3 Å². The van der Waals surface area contributed by atoms with Crippen molar-refractivity contribution in [2.75, 3.05) is 0 Å². The Morgan fingerprint density at radius 3 is 0.787 bits per heavy atom. The zero-order valence-electron chi connectivity index (χ0n) is 86.9. The van der Waals surface area contributed by atoms with E-state index in [1.54, 1.807) is 0 Å². The molecule has 6 heterocycles. The van der Waals surface area contributed by atoms with Gasteiger partial charge in [0, 0.05) is 88.3 Å². The van der Waals surface area contributed by atoms with Crippen LogP contribution in [-0.2, 0) is 0 Å². The smallest absolute Gasteiger partial charge is 0.160 e. The van der Waals surface area contributed by atoms with Crippen LogP contribution >= 0.6 is 0 Å². The van der Waals surface area contributed by atoms with Crippen molar-refractivity contribution in [3.63, 3.8) is 0 Å². The molecular formula is C138H120N12. The molecule has 732 valence electrons. The quantitative estimate of drug-likeness (QED) is 0.0803. The van der Waals surface area contributed by atoms with Crippen molar-refractivity contribution in [2.45, 2.75) is 119 Å². The van der Waals surface area contributed by atoms with Gasteiger partial charge in [-0.05, 0) is 111 Å². The van der Waals surface area contributed by atoms with E-state index < -0.39 is 0 Å². The zero-order valence-corrected chi connectivity index (χ0v) is 86.9. The highest BCUT2D eigenvalue weighted by molar-refractivity contribution is 6.00. The van der Waals surface area contributed by atoms with Crippen molar-refractivity contribution < 1.29 is 0 Å². The van der Waals surface area contributed by atoms with E-state index in [-0.39, 0.29) is 0 Å². The Hall–Kier alpha value is -18.0. The number of nitrogens with zero attached hydrogens (tertiary/aromatic N) is 12. The van der Waals surface area contributed by atoms with Crippen LogP contribution in [0.4, 0.5) is 0 Å². The van der Waals surface area contributed by atoms with E-state index in [0.29, 0.717) is 35.5 Å². The van der Waals surface area contributed by atoms with Gasteiger partial charge in [0.25, 0.3) is 0 Å². The van der Waals surface area contributed by atoms with E-state index in [1.165, 1.54) is 33.4 Å². The Morgan fingerprint density at radius 1 is 0.133 bits per heavy atom. The minimum Gasteiger partial charge on any atom is -0.244 e. The summed E-state index contributed by atoms with van der Waals surface area (Å²) in [6, 6.07) is 162. The van der Waals surface area contributed by atoms with Crippen LogP contribution in [0.3, 0.4) is 0 Å². The first-order valence-electron chi connectivity index (χ1n) is 51.9. The molecule has 0 unspecified atom stereocenters. The molecule has 0 atom stereocenters. The van der Waals surface area contributed by atoms with E-state index in [1.807, 2.05) is 182 Å². The summed E-state index contributed by atoms with van der Waals surface area (Å²) < 4.78 is 0. The van der Waals surface area contributed by atoms with Crippen LogP contribution < -0.4 is 0 Å². The summed E-state index contributed by atoms with van der Waals surface area (Å²) >= 11 is 0. The van der Waals surface area contributed by atoms with Gasteiger partial charge < -0.3 is 0 Å². The molecule has 0 N–H and O–H groups in total. The van der Waals surface area contributed by atoms with Crippen LogP contribution in [0.2, 0.25) is 0 Å². The topological polar surface area (TPSA) is 155 Å². The largest absolute Gasteiger partial charge is 0.244 e. The minimum absolute atomic E-state index is 0.407. The number of hydrogen-bond donors (Lipinski definition) is 0. The predicted octanol–water partition coefficient (Wildman–Crippen LogP) is 36.5. The summed E-state index contributed by atoms with van der Waals surface area (Å²) in [5, 5.41) is 4.47. The highest BCUT2D eigenvalue weighted by Crippen LogP contribution is 2.42. The number of para-hydroxylation sites is 2. The monoisotopic (exact) mass is 1940 g/mol. The lowest BCUT2D eigenvalue weighted by Crippen LogP contribution is -1.99. The van der Waals surface area contributed by atoms with Gasteiger partial charge in [0.05, 0.1) is 89.7 Å². The van der Waals surface area contributed by atoms with Crippen molar-refractivity contribution in [1.29, 1.82) is 0 Å². The van der Waals surface area contributed by atoms with Gasteiger partial charge in [-0.15, -0.1) is 0 Å². The standard InChI is InChI=1S/6C23H20N2/c1-16(2)19-14-9-15-20-21(19)22(17-10-5-3-6-11-17)25-23(24-20)18-12-7-4-8-13-18;1-16(2)19-14-9-15-20-23(19)25-22(18-12-7-4-8-13-18)21(24-20)17-10-5-3-6-11-17;1-16(2)19-14-9-15-20-21(17-10-5-3-6-11-17)24-23(25-22(19)20)18-12-7-4-8-13-18;1-16(2)19-13-14-21-20(15-19)22(17-9-5-3-6-10-17)25-23(24-21)18-11-7-4-8-12-18;1-16(2)19-13-14-20-21(15-19)25-23(18-11-7-4-8-12-18)22(24-20)17-9-5-3-6-10-17;1-16(2)19-13-14-20-21(15-19)24-23(18-11-7-4-8-12-18)25-22(20)17-9-5-3-6-10-17/h6*3-16H,1-2H3. The Labute approximate surface area is 880 Å². The molecule has 0 fully saturated rings. The first-order valence-corrected chi connectivity index (χ1v) is 51.9. The average molecular weight is 1950 g/mol. The van der Waals surface area contributed by atoms with E-state index in [2.05, 4.69) is 374 Å². The van der Waals surface area contributed by atoms with Gasteiger partial charge in [0.2, 0.25) is 0 Å². The van der Waals surface area contributed by atoms with Gasteiger partial charge in [0.1, 0.15) is 0 Å². The number of rotatable bonds is 18. The average Bonchev–Trinajstić information content (AvgIpc) is 0.772. The van der Waals surface area contributed by atoms with Crippen molar-refractivity contribution in [1.82, 2.24) is 59.8 Å². The summed E-state index contributed by atoms with van der Waals surface area (Å²) in [5.74, 6) is 5.74. The zero-order chi connectivity index (χ0) is 103. The normalized spacial score (nSPS) is 11.2. The van der Waals surface area contributed by atoms with Gasteiger partial charge in [-0.25, -0.2) is 59.8 Å². The second-order valence-electron chi connectivity index (χ2n) is 39.2. The molecule has 0 spiro atoms. The maximum Gasteiger partial charge on any atom is 0.160 e. The van der Waals surface area contributed by atoms with E-state index in [0.717, 1.165) is 201 Å². The summed E-state index contributed by atoms with van der Waals surface area (Å²) in [6.45, 7) is 26.5. The second kappa shape index (κ2) is 47.5. The fourth-order valence-corrected chi connectivity index (χ4v) is 18.6. The molecule has 0 radical (unpaired) electrons. The van der Waals surface area contributed by atoms with Gasteiger partial charge in [-0.3, -0.25) is 0 Å². The Morgan fingerprint density at radius 2 is 0.400 bits per heavy atom. The fraction of sp³-hybridized carbons (Fsp3) is 0.130. The number of hydrogen-bond acceptors (Lipinski definition) is 12. The van der Waals surface area contributed by atoms with Crippen LogP contribution in [0.15, 0.2) is 473 Å². The molecule has 12 heteroatoms. The summed E-state index contributed by atoms with van der Waals surface area (Å²) in [5.41, 5.74) is 36.2. The van der Waals surface area contributed by atoms with Crippen LogP contribution in [0.5, 0.6) is 0 Å². The van der Waals surface area contributed by atoms with Crippen LogP contribution in [0, 0.1) is 0 Å². The lowest BCUT2D eigenvalue weighted by atomic mass is 9.94. The number of fused-ring (bicyclic) bond motifs is 6. The molecule has 0 saturated heterocycles. The SMILES string of the molecule is CC(C)c1ccc2c(-c3ccccc3)nc(-c3ccccc3)nc2c1.CC(C)c1ccc2nc(-c3ccccc3)c(-c3ccccc3)nc2c1.CC(C)c1ccc2nc(-c3ccccc3)nc(-c3ccccc3)c2c1.CC(C)c1cccc2c(-c3ccccc3)nc(-c3ccccc3)nc12.CC(C)c1cccc2nc(-c3ccccc3)c(-c3ccccc3)nc12.CC(C)c1cccc2nc(-c3ccccc3)nc(-c3ccccc3)c12. The summed E-state index contributed by atoms with van der Waals surface area (Å²) in [4.78, 5) is 59.3. The summed E-state index contributed by atoms with van der Waals surface area (Å²) in [6.07, 6.45) is 0. The molecule has 150 heavy (non-hydrogen) atoms. The van der Waals surface area contributed by atoms with Crippen LogP contribution in [0.1, 0.15) is 152 Å². The third-order valence-corrected chi connectivity index (χ3v) is 26.7. The minimum atomic E-state index is 0.407. The molecule has 0 aliphatic carbocycles. The van der Waals surface area contributed by atoms with Crippen molar-refractivity contribution >= 4 is 65.7 Å². The van der Waals surface area contributed by atoms with Gasteiger partial charge in [-0.1, -0.05) is 514 Å². The van der Waals surface area contributed by atoms with E-state index in [9.17, 15) is 0 Å². The third-order valence-electron chi connectivity index (χ3n) is 26.7. The highest BCUT2D eigenvalue weighted by Gasteiger charge is 2.24. The number of benzene rings is 18. The molecule has 0 bridgehead atoms. The molecule has 24 rings (SSSR count). The lowest BCUT2D eigenvalue weighted by Gasteiger charge is -2.15. The van der Waals surface area contributed by atoms with Crippen molar-refractivity contribution in [3.8, 4) is 136 Å². The summed E-state index contributed by atoms with van der Waals surface area (Å²) in [7, 11) is 0. The lowest BCUT2D eigenvalue weighted by molar-refractivity contribution is 0.868. The van der Waals surface area contributed by atoms with Gasteiger partial charge >= 0.3 is 0 Å². The molecule has 18 aromatic carbocycles. The van der Waals surface area contributed by atoms with E-state index in [4.69, 9.17) is 59.8 Å². The maximum absolute atomic E-state index is 5.08. The highest BCUT2D eigenvalue weighted by atomic mass is 14.9. The molecule has 0 amide bonds. The van der Waals surface area contributed by atoms with E-state index >= 15 is 0 Å². The number of aromatic nitrogens is 12. The van der Waals surface area contributed by atoms with Crippen molar-refractivity contribution in [2.24, 2.45) is 0 Å². The Balaban J connectivity index is 0.000000113. The van der Waals surface area contributed by atoms with Crippen LogP contribution in [-0.4, -0.2) is 59.8 Å². The second-order valence-corrected chi connectivity index (χ2v) is 39.2. The molecule has 6 aromatic heterocycles.